The molecule has 0 fully saturated rings. The molecule has 0 aliphatic carbocycles. The van der Waals surface area contributed by atoms with E-state index in [9.17, 15) is 9.59 Å². The zero-order valence-electron chi connectivity index (χ0n) is 11.6. The van der Waals surface area contributed by atoms with Crippen molar-refractivity contribution < 1.29 is 14.3 Å². The van der Waals surface area contributed by atoms with Crippen LogP contribution in [-0.2, 0) is 9.53 Å². The van der Waals surface area contributed by atoms with E-state index in [-0.39, 0.29) is 24.2 Å². The number of carbonyl (C=O) groups is 2. The van der Waals surface area contributed by atoms with Crippen molar-refractivity contribution in [3.63, 3.8) is 0 Å². The van der Waals surface area contributed by atoms with Gasteiger partial charge in [0, 0.05) is 12.2 Å². The molecule has 0 spiro atoms. The summed E-state index contributed by atoms with van der Waals surface area (Å²) < 4.78 is 4.86. The SMILES string of the molecule is Cc1cnc(C(=O)OCC(=O)N[C@@H](C)C(C)C)cn1. The molecule has 19 heavy (non-hydrogen) atoms. The number of ether oxygens (including phenoxy) is 1. The maximum Gasteiger partial charge on any atom is 0.359 e. The van der Waals surface area contributed by atoms with Gasteiger partial charge in [0.2, 0.25) is 0 Å². The van der Waals surface area contributed by atoms with Crippen molar-refractivity contribution in [2.75, 3.05) is 6.61 Å². The van der Waals surface area contributed by atoms with Crippen LogP contribution in [0, 0.1) is 12.8 Å². The van der Waals surface area contributed by atoms with E-state index in [2.05, 4.69) is 15.3 Å². The largest absolute Gasteiger partial charge is 0.451 e. The molecule has 1 aromatic heterocycles. The molecule has 1 atom stereocenters. The van der Waals surface area contributed by atoms with Crippen LogP contribution in [0.2, 0.25) is 0 Å². The van der Waals surface area contributed by atoms with Crippen molar-refractivity contribution in [3.8, 4) is 0 Å². The molecule has 1 aromatic rings. The van der Waals surface area contributed by atoms with Gasteiger partial charge in [0.05, 0.1) is 11.9 Å². The molecule has 0 radical (unpaired) electrons. The van der Waals surface area contributed by atoms with Gasteiger partial charge >= 0.3 is 5.97 Å². The average molecular weight is 265 g/mol. The fourth-order valence-electron chi connectivity index (χ4n) is 1.17. The lowest BCUT2D eigenvalue weighted by Gasteiger charge is -2.17. The Morgan fingerprint density at radius 3 is 2.47 bits per heavy atom. The number of aryl methyl sites for hydroxylation is 1. The Hall–Kier alpha value is -1.98. The number of carbonyl (C=O) groups excluding carboxylic acids is 2. The third-order valence-electron chi connectivity index (χ3n) is 2.71. The van der Waals surface area contributed by atoms with Gasteiger partial charge in [-0.15, -0.1) is 0 Å². The summed E-state index contributed by atoms with van der Waals surface area (Å²) in [6, 6.07) is 0.0327. The lowest BCUT2D eigenvalue weighted by molar-refractivity contribution is -0.125. The molecule has 1 rings (SSSR count). The molecule has 0 bridgehead atoms. The minimum absolute atomic E-state index is 0.0327. The van der Waals surface area contributed by atoms with Gasteiger partial charge in [-0.1, -0.05) is 13.8 Å². The molecule has 6 heteroatoms. The molecule has 0 aliphatic heterocycles. The maximum atomic E-state index is 11.6. The highest BCUT2D eigenvalue weighted by atomic mass is 16.5. The van der Waals surface area contributed by atoms with Crippen LogP contribution in [0.5, 0.6) is 0 Å². The summed E-state index contributed by atoms with van der Waals surface area (Å²) in [5.74, 6) is -0.655. The van der Waals surface area contributed by atoms with Crippen LogP contribution in [0.15, 0.2) is 12.4 Å². The Labute approximate surface area is 112 Å². The van der Waals surface area contributed by atoms with Crippen LogP contribution >= 0.6 is 0 Å². The van der Waals surface area contributed by atoms with Gasteiger partial charge in [0.25, 0.3) is 5.91 Å². The zero-order chi connectivity index (χ0) is 14.4. The fraction of sp³-hybridized carbons (Fsp3) is 0.538. The molecule has 0 aromatic carbocycles. The first-order chi connectivity index (χ1) is 8.90. The van der Waals surface area contributed by atoms with Crippen molar-refractivity contribution in [2.24, 2.45) is 5.92 Å². The van der Waals surface area contributed by atoms with Crippen molar-refractivity contribution in [1.82, 2.24) is 15.3 Å². The normalized spacial score (nSPS) is 12.1. The van der Waals surface area contributed by atoms with E-state index in [0.29, 0.717) is 11.6 Å². The first kappa shape index (κ1) is 15.1. The molecule has 0 saturated carbocycles. The summed E-state index contributed by atoms with van der Waals surface area (Å²) in [4.78, 5) is 30.9. The number of nitrogens with one attached hydrogen (secondary N) is 1. The molecule has 1 N–H and O–H groups in total. The first-order valence-corrected chi connectivity index (χ1v) is 6.15. The summed E-state index contributed by atoms with van der Waals surface area (Å²) in [6.07, 6.45) is 2.80. The van der Waals surface area contributed by atoms with Crippen molar-refractivity contribution in [3.05, 3.63) is 23.8 Å². The van der Waals surface area contributed by atoms with Crippen molar-refractivity contribution >= 4 is 11.9 Å². The highest BCUT2D eigenvalue weighted by Gasteiger charge is 2.14. The lowest BCUT2D eigenvalue weighted by atomic mass is 10.1. The van der Waals surface area contributed by atoms with E-state index in [0.717, 1.165) is 0 Å². The minimum Gasteiger partial charge on any atom is -0.451 e. The van der Waals surface area contributed by atoms with Gasteiger partial charge in [0.1, 0.15) is 0 Å². The van der Waals surface area contributed by atoms with E-state index in [4.69, 9.17) is 4.74 Å². The topological polar surface area (TPSA) is 81.2 Å². The van der Waals surface area contributed by atoms with Crippen LogP contribution in [0.3, 0.4) is 0 Å². The van der Waals surface area contributed by atoms with Gasteiger partial charge < -0.3 is 10.1 Å². The quantitative estimate of drug-likeness (QED) is 0.806. The Kier molecular flexibility index (Phi) is 5.41. The van der Waals surface area contributed by atoms with Gasteiger partial charge in [-0.3, -0.25) is 9.78 Å². The molecule has 0 saturated heterocycles. The van der Waals surface area contributed by atoms with Crippen LogP contribution in [0.1, 0.15) is 37.0 Å². The Morgan fingerprint density at radius 1 is 1.26 bits per heavy atom. The second-order valence-electron chi connectivity index (χ2n) is 4.72. The summed E-state index contributed by atoms with van der Waals surface area (Å²) in [7, 11) is 0. The maximum absolute atomic E-state index is 11.6. The van der Waals surface area contributed by atoms with Crippen LogP contribution in [0.25, 0.3) is 0 Å². The summed E-state index contributed by atoms with van der Waals surface area (Å²) in [5.41, 5.74) is 0.801. The minimum atomic E-state index is -0.653. The summed E-state index contributed by atoms with van der Waals surface area (Å²) >= 11 is 0. The number of nitrogens with zero attached hydrogens (tertiary/aromatic N) is 2. The van der Waals surface area contributed by atoms with Crippen molar-refractivity contribution in [1.29, 1.82) is 0 Å². The first-order valence-electron chi connectivity index (χ1n) is 6.15. The monoisotopic (exact) mass is 265 g/mol. The Balaban J connectivity index is 2.42. The van der Waals surface area contributed by atoms with Crippen LogP contribution < -0.4 is 5.32 Å². The number of aromatic nitrogens is 2. The molecule has 6 nitrogen and oxygen atoms in total. The van der Waals surface area contributed by atoms with E-state index >= 15 is 0 Å². The third-order valence-corrected chi connectivity index (χ3v) is 2.71. The highest BCUT2D eigenvalue weighted by molar-refractivity contribution is 5.89. The highest BCUT2D eigenvalue weighted by Crippen LogP contribution is 2.00. The van der Waals surface area contributed by atoms with E-state index < -0.39 is 5.97 Å². The Morgan fingerprint density at radius 2 is 1.95 bits per heavy atom. The standard InChI is InChI=1S/C13H19N3O3/c1-8(2)10(4)16-12(17)7-19-13(18)11-6-14-9(3)5-15-11/h5-6,8,10H,7H2,1-4H3,(H,16,17)/t10-/m0/s1. The fourth-order valence-corrected chi connectivity index (χ4v) is 1.17. The summed E-state index contributed by atoms with van der Waals surface area (Å²) in [5, 5.41) is 2.74. The number of rotatable bonds is 5. The van der Waals surface area contributed by atoms with Crippen LogP contribution in [-0.4, -0.2) is 34.5 Å². The van der Waals surface area contributed by atoms with Gasteiger partial charge in [-0.25, -0.2) is 9.78 Å². The Bertz CT molecular complexity index is 443. The molecule has 0 unspecified atom stereocenters. The number of hydrogen-bond donors (Lipinski definition) is 1. The van der Waals surface area contributed by atoms with Crippen molar-refractivity contribution in [2.45, 2.75) is 33.7 Å². The summed E-state index contributed by atoms with van der Waals surface area (Å²) in [6.45, 7) is 7.35. The van der Waals surface area contributed by atoms with Gasteiger partial charge in [0.15, 0.2) is 12.3 Å². The van der Waals surface area contributed by atoms with E-state index in [1.54, 1.807) is 6.92 Å². The molecule has 104 valence electrons. The zero-order valence-corrected chi connectivity index (χ0v) is 11.6. The second-order valence-corrected chi connectivity index (χ2v) is 4.72. The van der Waals surface area contributed by atoms with Gasteiger partial charge in [-0.05, 0) is 19.8 Å². The lowest BCUT2D eigenvalue weighted by Crippen LogP contribution is -2.38. The molecule has 0 aliphatic rings. The average Bonchev–Trinajstić information content (AvgIpc) is 2.36. The predicted octanol–water partition coefficient (Wildman–Crippen LogP) is 1.10. The third kappa shape index (κ3) is 5.03. The number of esters is 1. The van der Waals surface area contributed by atoms with Crippen LogP contribution in [0.4, 0.5) is 0 Å². The van der Waals surface area contributed by atoms with Gasteiger partial charge in [-0.2, -0.15) is 0 Å². The molecular formula is C13H19N3O3. The van der Waals surface area contributed by atoms with E-state index in [1.807, 2.05) is 20.8 Å². The second kappa shape index (κ2) is 6.82. The molecule has 1 heterocycles. The molecule has 1 amide bonds. The number of hydrogen-bond acceptors (Lipinski definition) is 5. The molecular weight excluding hydrogens is 246 g/mol. The number of amides is 1. The predicted molar refractivity (Wildman–Crippen MR) is 69.5 cm³/mol. The van der Waals surface area contributed by atoms with E-state index in [1.165, 1.54) is 12.4 Å². The smallest absolute Gasteiger partial charge is 0.359 e.